The lowest BCUT2D eigenvalue weighted by Crippen LogP contribution is -2.16. The van der Waals surface area contributed by atoms with Gasteiger partial charge in [0, 0.05) is 38.3 Å². The van der Waals surface area contributed by atoms with Crippen LogP contribution in [-0.2, 0) is 27.1 Å². The van der Waals surface area contributed by atoms with Crippen molar-refractivity contribution in [1.82, 2.24) is 44.3 Å². The van der Waals surface area contributed by atoms with Gasteiger partial charge in [-0.2, -0.15) is 15.3 Å². The van der Waals surface area contributed by atoms with Crippen molar-refractivity contribution >= 4 is 0 Å². The van der Waals surface area contributed by atoms with Crippen LogP contribution in [0, 0.1) is 0 Å². The van der Waals surface area contributed by atoms with Crippen LogP contribution in [0.2, 0.25) is 0 Å². The molecule has 0 bridgehead atoms. The lowest BCUT2D eigenvalue weighted by molar-refractivity contribution is 0.293. The summed E-state index contributed by atoms with van der Waals surface area (Å²) in [4.78, 5) is 25.4. The van der Waals surface area contributed by atoms with E-state index in [9.17, 15) is 4.79 Å². The summed E-state index contributed by atoms with van der Waals surface area (Å²) in [5, 5.41) is 12.8. The van der Waals surface area contributed by atoms with Gasteiger partial charge < -0.3 is 4.74 Å². The van der Waals surface area contributed by atoms with Crippen LogP contribution in [0.1, 0.15) is 17.1 Å². The summed E-state index contributed by atoms with van der Waals surface area (Å²) in [7, 11) is 3.63. The van der Waals surface area contributed by atoms with E-state index in [2.05, 4.69) is 30.2 Å². The summed E-state index contributed by atoms with van der Waals surface area (Å²) in [6, 6.07) is 9.25. The fraction of sp³-hybridized carbons (Fsp3) is 0.174. The third-order valence-corrected chi connectivity index (χ3v) is 5.04. The zero-order valence-electron chi connectivity index (χ0n) is 18.6. The van der Waals surface area contributed by atoms with Crippen LogP contribution in [-0.4, -0.2) is 44.3 Å². The minimum atomic E-state index is -0.120. The molecule has 0 aliphatic heterocycles. The van der Waals surface area contributed by atoms with Gasteiger partial charge in [-0.15, -0.1) is 0 Å². The fourth-order valence-electron chi connectivity index (χ4n) is 3.39. The number of benzene rings is 1. The molecular formula is C23H21N9O2. The maximum absolute atomic E-state index is 12.4. The average molecular weight is 455 g/mol. The Morgan fingerprint density at radius 3 is 2.56 bits per heavy atom. The third-order valence-electron chi connectivity index (χ3n) is 5.04. The molecule has 34 heavy (non-hydrogen) atoms. The maximum Gasteiger partial charge on any atom is 0.203 e. The maximum atomic E-state index is 12.4. The van der Waals surface area contributed by atoms with E-state index < -0.39 is 0 Å². The van der Waals surface area contributed by atoms with Gasteiger partial charge in [-0.05, 0) is 11.6 Å². The highest BCUT2D eigenvalue weighted by Gasteiger charge is 2.09. The first-order chi connectivity index (χ1) is 16.5. The molecule has 11 heteroatoms. The Morgan fingerprint density at radius 1 is 0.971 bits per heavy atom. The van der Waals surface area contributed by atoms with Gasteiger partial charge in [0.05, 0.1) is 24.8 Å². The van der Waals surface area contributed by atoms with Gasteiger partial charge in [0.25, 0.3) is 0 Å². The normalized spacial score (nSPS) is 11.0. The summed E-state index contributed by atoms with van der Waals surface area (Å²) in [5.41, 5.74) is 2.86. The van der Waals surface area contributed by atoms with E-state index in [1.165, 1.54) is 6.07 Å². The monoisotopic (exact) mass is 455 g/mol. The standard InChI is InChI=1S/C23H21N9O2/c1-30-13-18(10-27-30)32-7-6-21(33)20(28-32)9-16-4-3-5-17(8-16)23-24-11-19(12-25-23)34-14-22-26-15-31(2)29-22/h3-8,10-13,15H,9,14H2,1-2H3. The highest BCUT2D eigenvalue weighted by Crippen LogP contribution is 2.19. The number of ether oxygens (including phenoxy) is 1. The van der Waals surface area contributed by atoms with Crippen LogP contribution in [0.3, 0.4) is 0 Å². The molecule has 4 aromatic heterocycles. The van der Waals surface area contributed by atoms with E-state index in [1.54, 1.807) is 52.2 Å². The molecule has 0 unspecified atom stereocenters. The zero-order chi connectivity index (χ0) is 23.5. The van der Waals surface area contributed by atoms with Gasteiger partial charge in [0.1, 0.15) is 24.3 Å². The SMILES string of the molecule is Cn1cc(-n2ccc(=O)c(Cc3cccc(-c4ncc(OCc5ncn(C)n5)cn4)c3)n2)cn1. The molecule has 1 aromatic carbocycles. The number of nitrogens with zero attached hydrogens (tertiary/aromatic N) is 9. The van der Waals surface area contributed by atoms with E-state index in [1.807, 2.05) is 37.5 Å². The molecule has 11 nitrogen and oxygen atoms in total. The second-order valence-corrected chi connectivity index (χ2v) is 7.69. The molecule has 0 aliphatic rings. The fourth-order valence-corrected chi connectivity index (χ4v) is 3.39. The molecule has 0 N–H and O–H groups in total. The van der Waals surface area contributed by atoms with Gasteiger partial charge in [-0.3, -0.25) is 14.2 Å². The van der Waals surface area contributed by atoms with Gasteiger partial charge in [-0.1, -0.05) is 18.2 Å². The predicted molar refractivity (Wildman–Crippen MR) is 122 cm³/mol. The van der Waals surface area contributed by atoms with Crippen LogP contribution in [0.15, 0.2) is 72.4 Å². The molecule has 0 atom stereocenters. The van der Waals surface area contributed by atoms with Crippen LogP contribution in [0.5, 0.6) is 5.75 Å². The van der Waals surface area contributed by atoms with Gasteiger partial charge in [0.15, 0.2) is 17.4 Å². The van der Waals surface area contributed by atoms with Crippen molar-refractivity contribution in [3.63, 3.8) is 0 Å². The topological polar surface area (TPSA) is 118 Å². The summed E-state index contributed by atoms with van der Waals surface area (Å²) in [5.74, 6) is 1.66. The molecule has 0 saturated carbocycles. The van der Waals surface area contributed by atoms with Crippen LogP contribution in [0.25, 0.3) is 17.1 Å². The van der Waals surface area contributed by atoms with Crippen molar-refractivity contribution in [1.29, 1.82) is 0 Å². The van der Waals surface area contributed by atoms with E-state index in [0.29, 0.717) is 29.5 Å². The molecule has 0 amide bonds. The molecule has 4 heterocycles. The Balaban J connectivity index is 1.31. The minimum Gasteiger partial charge on any atom is -0.482 e. The first-order valence-corrected chi connectivity index (χ1v) is 10.5. The third kappa shape index (κ3) is 4.72. The van der Waals surface area contributed by atoms with E-state index in [0.717, 1.165) is 16.8 Å². The summed E-state index contributed by atoms with van der Waals surface area (Å²) in [6.45, 7) is 0.236. The van der Waals surface area contributed by atoms with Crippen molar-refractivity contribution < 1.29 is 4.74 Å². The molecule has 0 fully saturated rings. The predicted octanol–water partition coefficient (Wildman–Crippen LogP) is 1.72. The lowest BCUT2D eigenvalue weighted by Gasteiger charge is -2.07. The highest BCUT2D eigenvalue weighted by atomic mass is 16.5. The molecule has 0 radical (unpaired) electrons. The number of hydrogen-bond donors (Lipinski definition) is 0. The van der Waals surface area contributed by atoms with E-state index in [-0.39, 0.29) is 12.0 Å². The largest absolute Gasteiger partial charge is 0.482 e. The van der Waals surface area contributed by atoms with Crippen molar-refractivity contribution in [2.75, 3.05) is 0 Å². The Bertz CT molecular complexity index is 1480. The molecule has 0 spiro atoms. The van der Waals surface area contributed by atoms with Gasteiger partial charge >= 0.3 is 0 Å². The summed E-state index contributed by atoms with van der Waals surface area (Å²) in [6.07, 6.45) is 10.4. The quantitative estimate of drug-likeness (QED) is 0.364. The summed E-state index contributed by atoms with van der Waals surface area (Å²) >= 11 is 0. The first-order valence-electron chi connectivity index (χ1n) is 10.5. The average Bonchev–Trinajstić information content (AvgIpc) is 3.47. The van der Waals surface area contributed by atoms with Crippen molar-refractivity contribution in [3.05, 3.63) is 94.9 Å². The van der Waals surface area contributed by atoms with Crippen molar-refractivity contribution in [2.24, 2.45) is 14.1 Å². The molecule has 0 saturated heterocycles. The molecule has 5 aromatic rings. The first kappa shape index (κ1) is 21.2. The molecule has 5 rings (SSSR count). The highest BCUT2D eigenvalue weighted by molar-refractivity contribution is 5.56. The molecule has 0 aliphatic carbocycles. The Hall–Kier alpha value is -4.67. The zero-order valence-corrected chi connectivity index (χ0v) is 18.6. The van der Waals surface area contributed by atoms with E-state index in [4.69, 9.17) is 4.74 Å². The van der Waals surface area contributed by atoms with Crippen LogP contribution >= 0.6 is 0 Å². The van der Waals surface area contributed by atoms with Gasteiger partial charge in [-0.25, -0.2) is 19.6 Å². The van der Waals surface area contributed by atoms with Crippen LogP contribution < -0.4 is 10.2 Å². The van der Waals surface area contributed by atoms with Gasteiger partial charge in [0.2, 0.25) is 5.43 Å². The number of aromatic nitrogens is 9. The number of aryl methyl sites for hydroxylation is 2. The Kier molecular flexibility index (Phi) is 5.65. The molecule has 170 valence electrons. The smallest absolute Gasteiger partial charge is 0.203 e. The second-order valence-electron chi connectivity index (χ2n) is 7.69. The van der Waals surface area contributed by atoms with Crippen molar-refractivity contribution in [3.8, 4) is 22.8 Å². The van der Waals surface area contributed by atoms with Crippen LogP contribution in [0.4, 0.5) is 0 Å². The number of rotatable bonds is 7. The Labute approximate surface area is 194 Å². The van der Waals surface area contributed by atoms with Crippen molar-refractivity contribution in [2.45, 2.75) is 13.0 Å². The Morgan fingerprint density at radius 2 is 1.82 bits per heavy atom. The lowest BCUT2D eigenvalue weighted by atomic mass is 10.1. The van der Waals surface area contributed by atoms with E-state index >= 15 is 0 Å². The summed E-state index contributed by atoms with van der Waals surface area (Å²) < 4.78 is 10.6. The molecular weight excluding hydrogens is 434 g/mol. The minimum absolute atomic E-state index is 0.120. The number of hydrogen-bond acceptors (Lipinski definition) is 8. The second kappa shape index (κ2) is 9.06.